The van der Waals surface area contributed by atoms with Crippen LogP contribution in [0, 0.1) is 5.92 Å². The maximum atomic E-state index is 4.72. The van der Waals surface area contributed by atoms with Gasteiger partial charge in [-0.3, -0.25) is 4.90 Å². The van der Waals surface area contributed by atoms with Crippen molar-refractivity contribution in [2.75, 3.05) is 26.2 Å². The van der Waals surface area contributed by atoms with Gasteiger partial charge < -0.3 is 10.6 Å². The van der Waals surface area contributed by atoms with Crippen LogP contribution in [-0.4, -0.2) is 37.0 Å². The Bertz CT molecular complexity index is 490. The number of hydrogen-bond acceptors (Lipinski definition) is 2. The Morgan fingerprint density at radius 3 is 2.52 bits per heavy atom. The van der Waals surface area contributed by atoms with Crippen LogP contribution in [0.25, 0.3) is 0 Å². The lowest BCUT2D eigenvalue weighted by molar-refractivity contribution is 0.296. The monoisotopic (exact) mass is 316 g/mol. The molecule has 0 bridgehead atoms. The second-order valence-electron chi connectivity index (χ2n) is 6.30. The van der Waals surface area contributed by atoms with E-state index in [0.29, 0.717) is 0 Å². The zero-order valence-electron chi connectivity index (χ0n) is 14.9. The second-order valence-corrected chi connectivity index (χ2v) is 6.30. The van der Waals surface area contributed by atoms with Crippen LogP contribution in [0.2, 0.25) is 0 Å². The molecule has 2 rings (SSSR count). The largest absolute Gasteiger partial charge is 0.357 e. The van der Waals surface area contributed by atoms with Gasteiger partial charge in [-0.1, -0.05) is 38.1 Å². The first kappa shape index (κ1) is 17.8. The highest BCUT2D eigenvalue weighted by Crippen LogP contribution is 2.27. The van der Waals surface area contributed by atoms with E-state index in [9.17, 15) is 0 Å². The van der Waals surface area contributed by atoms with E-state index in [4.69, 9.17) is 4.99 Å². The van der Waals surface area contributed by atoms with Gasteiger partial charge in [0.15, 0.2) is 5.96 Å². The lowest BCUT2D eigenvalue weighted by Gasteiger charge is -2.18. The summed E-state index contributed by atoms with van der Waals surface area (Å²) in [4.78, 5) is 7.16. The van der Waals surface area contributed by atoms with Gasteiger partial charge in [0.25, 0.3) is 0 Å². The number of aliphatic imine (C=N–C) groups is 1. The molecule has 4 nitrogen and oxygen atoms in total. The summed E-state index contributed by atoms with van der Waals surface area (Å²) < 4.78 is 0. The maximum Gasteiger partial charge on any atom is 0.191 e. The molecule has 0 unspecified atom stereocenters. The third-order valence-electron chi connectivity index (χ3n) is 4.31. The molecule has 0 aromatic heterocycles. The summed E-state index contributed by atoms with van der Waals surface area (Å²) in [7, 11) is 0. The van der Waals surface area contributed by atoms with Crippen LogP contribution in [0.1, 0.15) is 44.7 Å². The summed E-state index contributed by atoms with van der Waals surface area (Å²) in [5.74, 6) is 1.80. The van der Waals surface area contributed by atoms with Gasteiger partial charge in [0, 0.05) is 19.6 Å². The number of nitrogens with zero attached hydrogens (tertiary/aromatic N) is 2. The summed E-state index contributed by atoms with van der Waals surface area (Å²) in [5, 5.41) is 6.78. The van der Waals surface area contributed by atoms with Crippen molar-refractivity contribution >= 4 is 5.96 Å². The molecule has 1 aromatic carbocycles. The van der Waals surface area contributed by atoms with Gasteiger partial charge in [0.2, 0.25) is 0 Å². The van der Waals surface area contributed by atoms with Crippen molar-refractivity contribution in [3.63, 3.8) is 0 Å². The molecule has 1 saturated carbocycles. The van der Waals surface area contributed by atoms with Crippen molar-refractivity contribution in [2.45, 2.75) is 46.7 Å². The zero-order valence-corrected chi connectivity index (χ0v) is 14.9. The number of rotatable bonds is 9. The molecule has 4 heteroatoms. The second kappa shape index (κ2) is 9.56. The topological polar surface area (TPSA) is 39.7 Å². The van der Waals surface area contributed by atoms with Gasteiger partial charge in [0.05, 0.1) is 6.54 Å². The average Bonchev–Trinajstić information content (AvgIpc) is 3.40. The molecular formula is C19H32N4. The van der Waals surface area contributed by atoms with Gasteiger partial charge in [-0.25, -0.2) is 4.99 Å². The Hall–Kier alpha value is -1.55. The van der Waals surface area contributed by atoms with E-state index in [1.165, 1.54) is 24.0 Å². The summed E-state index contributed by atoms with van der Waals surface area (Å²) in [5.41, 5.74) is 2.65. The molecule has 1 fully saturated rings. The summed E-state index contributed by atoms with van der Waals surface area (Å²) >= 11 is 0. The summed E-state index contributed by atoms with van der Waals surface area (Å²) in [6.45, 7) is 12.4. The first-order valence-electron chi connectivity index (χ1n) is 9.07. The van der Waals surface area contributed by atoms with Crippen molar-refractivity contribution < 1.29 is 0 Å². The smallest absolute Gasteiger partial charge is 0.191 e. The van der Waals surface area contributed by atoms with Crippen LogP contribution in [0.3, 0.4) is 0 Å². The predicted octanol–water partition coefficient (Wildman–Crippen LogP) is 2.99. The molecule has 0 heterocycles. The highest BCUT2D eigenvalue weighted by molar-refractivity contribution is 5.79. The Morgan fingerprint density at radius 2 is 1.87 bits per heavy atom. The molecule has 0 saturated heterocycles. The fourth-order valence-electron chi connectivity index (χ4n) is 2.61. The SMILES string of the molecule is CCNC(=NCc1cccc(CN(CC)CC)c1)NCC1CC1. The minimum absolute atomic E-state index is 0.728. The molecule has 128 valence electrons. The molecule has 1 aromatic rings. The van der Waals surface area contributed by atoms with Gasteiger partial charge in [-0.2, -0.15) is 0 Å². The molecule has 2 N–H and O–H groups in total. The van der Waals surface area contributed by atoms with Crippen LogP contribution in [-0.2, 0) is 13.1 Å². The quantitative estimate of drug-likeness (QED) is 0.543. The zero-order chi connectivity index (χ0) is 16.5. The Balaban J connectivity index is 1.92. The van der Waals surface area contributed by atoms with Crippen molar-refractivity contribution in [3.8, 4) is 0 Å². The highest BCUT2D eigenvalue weighted by atomic mass is 15.2. The standard InChI is InChI=1S/C19H32N4/c1-4-20-19(21-13-16-10-11-16)22-14-17-8-7-9-18(12-17)15-23(5-2)6-3/h7-9,12,16H,4-6,10-11,13-15H2,1-3H3,(H2,20,21,22). The van der Waals surface area contributed by atoms with Crippen LogP contribution in [0.5, 0.6) is 0 Å². The van der Waals surface area contributed by atoms with Crippen molar-refractivity contribution in [2.24, 2.45) is 10.9 Å². The molecular weight excluding hydrogens is 284 g/mol. The van der Waals surface area contributed by atoms with E-state index in [0.717, 1.165) is 51.1 Å². The number of guanidine groups is 1. The van der Waals surface area contributed by atoms with Gasteiger partial charge in [-0.05, 0) is 49.9 Å². The summed E-state index contributed by atoms with van der Waals surface area (Å²) in [6.07, 6.45) is 2.72. The predicted molar refractivity (Wildman–Crippen MR) is 98.6 cm³/mol. The van der Waals surface area contributed by atoms with Crippen LogP contribution >= 0.6 is 0 Å². The Kier molecular flexibility index (Phi) is 7.40. The van der Waals surface area contributed by atoms with E-state index in [2.05, 4.69) is 60.6 Å². The molecule has 1 aliphatic carbocycles. The third kappa shape index (κ3) is 6.61. The number of benzene rings is 1. The van der Waals surface area contributed by atoms with Crippen molar-refractivity contribution in [1.82, 2.24) is 15.5 Å². The van der Waals surface area contributed by atoms with Crippen LogP contribution in [0.15, 0.2) is 29.3 Å². The van der Waals surface area contributed by atoms with E-state index >= 15 is 0 Å². The van der Waals surface area contributed by atoms with Crippen molar-refractivity contribution in [3.05, 3.63) is 35.4 Å². The molecule has 0 atom stereocenters. The molecule has 0 spiro atoms. The number of hydrogen-bond donors (Lipinski definition) is 2. The number of nitrogens with one attached hydrogen (secondary N) is 2. The van der Waals surface area contributed by atoms with E-state index in [1.807, 2.05) is 0 Å². The van der Waals surface area contributed by atoms with E-state index in [1.54, 1.807) is 0 Å². The maximum absolute atomic E-state index is 4.72. The van der Waals surface area contributed by atoms with Crippen LogP contribution in [0.4, 0.5) is 0 Å². The third-order valence-corrected chi connectivity index (χ3v) is 4.31. The molecule has 23 heavy (non-hydrogen) atoms. The van der Waals surface area contributed by atoms with E-state index < -0.39 is 0 Å². The average molecular weight is 316 g/mol. The fourth-order valence-corrected chi connectivity index (χ4v) is 2.61. The molecule has 1 aliphatic rings. The molecule has 0 radical (unpaired) electrons. The summed E-state index contributed by atoms with van der Waals surface area (Å²) in [6, 6.07) is 8.81. The fraction of sp³-hybridized carbons (Fsp3) is 0.632. The normalized spacial score (nSPS) is 15.0. The van der Waals surface area contributed by atoms with Crippen molar-refractivity contribution in [1.29, 1.82) is 0 Å². The molecule has 0 aliphatic heterocycles. The lowest BCUT2D eigenvalue weighted by atomic mass is 10.1. The van der Waals surface area contributed by atoms with Gasteiger partial charge in [-0.15, -0.1) is 0 Å². The Labute approximate surface area is 141 Å². The lowest BCUT2D eigenvalue weighted by Crippen LogP contribution is -2.38. The van der Waals surface area contributed by atoms with Gasteiger partial charge in [0.1, 0.15) is 0 Å². The first-order chi connectivity index (χ1) is 11.2. The minimum Gasteiger partial charge on any atom is -0.357 e. The minimum atomic E-state index is 0.728. The van der Waals surface area contributed by atoms with Crippen LogP contribution < -0.4 is 10.6 Å². The van der Waals surface area contributed by atoms with Gasteiger partial charge >= 0.3 is 0 Å². The van der Waals surface area contributed by atoms with E-state index in [-0.39, 0.29) is 0 Å². The Morgan fingerprint density at radius 1 is 1.13 bits per heavy atom. The first-order valence-corrected chi connectivity index (χ1v) is 9.07. The molecule has 0 amide bonds. The highest BCUT2D eigenvalue weighted by Gasteiger charge is 2.20.